The minimum absolute atomic E-state index is 0.113. The molecule has 10 nitrogen and oxygen atoms in total. The number of carbonyl (C=O) groups excluding carboxylic acids is 2. The summed E-state index contributed by atoms with van der Waals surface area (Å²) in [4.78, 5) is 34.0. The van der Waals surface area contributed by atoms with E-state index in [0.29, 0.717) is 17.1 Å². The van der Waals surface area contributed by atoms with Gasteiger partial charge in [0.25, 0.3) is 11.6 Å². The quantitative estimate of drug-likeness (QED) is 0.325. The summed E-state index contributed by atoms with van der Waals surface area (Å²) in [6.07, 6.45) is 2.69. The SMILES string of the molecule is COc1cc([N+](=O)[O-])ccc1NC(=O)COC(=O)/C=C/c1ccc2c(c1)OCO2. The number of nitrogens with one attached hydrogen (secondary N) is 1. The molecule has 0 saturated carbocycles. The molecule has 3 rings (SSSR count). The zero-order chi connectivity index (χ0) is 20.8. The molecule has 1 aliphatic heterocycles. The van der Waals surface area contributed by atoms with E-state index < -0.39 is 23.4 Å². The number of non-ortho nitro benzene ring substituents is 1. The van der Waals surface area contributed by atoms with Crippen LogP contribution in [0.25, 0.3) is 6.08 Å². The summed E-state index contributed by atoms with van der Waals surface area (Å²) < 4.78 is 20.4. The fraction of sp³-hybridized carbons (Fsp3) is 0.158. The van der Waals surface area contributed by atoms with Gasteiger partial charge in [-0.3, -0.25) is 14.9 Å². The number of carbonyl (C=O) groups is 2. The number of hydrogen-bond donors (Lipinski definition) is 1. The van der Waals surface area contributed by atoms with Crippen LogP contribution in [0.1, 0.15) is 5.56 Å². The van der Waals surface area contributed by atoms with Gasteiger partial charge in [-0.15, -0.1) is 0 Å². The number of fused-ring (bicyclic) bond motifs is 1. The van der Waals surface area contributed by atoms with E-state index in [0.717, 1.165) is 0 Å². The van der Waals surface area contributed by atoms with Crippen molar-refractivity contribution in [2.24, 2.45) is 0 Å². The zero-order valence-corrected chi connectivity index (χ0v) is 15.2. The molecule has 0 aliphatic carbocycles. The number of amides is 1. The smallest absolute Gasteiger partial charge is 0.331 e. The fourth-order valence-electron chi connectivity index (χ4n) is 2.45. The number of benzene rings is 2. The molecule has 1 aliphatic rings. The van der Waals surface area contributed by atoms with Gasteiger partial charge in [-0.1, -0.05) is 6.07 Å². The van der Waals surface area contributed by atoms with E-state index in [-0.39, 0.29) is 23.9 Å². The Bertz CT molecular complexity index is 986. The molecule has 0 radical (unpaired) electrons. The number of anilines is 1. The molecule has 2 aromatic carbocycles. The lowest BCUT2D eigenvalue weighted by atomic mass is 10.2. The Morgan fingerprint density at radius 1 is 1.21 bits per heavy atom. The number of ether oxygens (including phenoxy) is 4. The highest BCUT2D eigenvalue weighted by atomic mass is 16.7. The summed E-state index contributed by atoms with van der Waals surface area (Å²) in [7, 11) is 1.32. The molecule has 0 saturated heterocycles. The number of methoxy groups -OCH3 is 1. The van der Waals surface area contributed by atoms with Crippen molar-refractivity contribution in [3.05, 3.63) is 58.2 Å². The van der Waals surface area contributed by atoms with Gasteiger partial charge in [0.15, 0.2) is 18.1 Å². The Hall–Kier alpha value is -4.08. The van der Waals surface area contributed by atoms with Gasteiger partial charge in [0.1, 0.15) is 5.75 Å². The van der Waals surface area contributed by atoms with Crippen molar-refractivity contribution in [1.29, 1.82) is 0 Å². The molecule has 0 fully saturated rings. The van der Waals surface area contributed by atoms with Crippen LogP contribution < -0.4 is 19.5 Å². The number of nitro groups is 1. The molecule has 1 heterocycles. The van der Waals surface area contributed by atoms with E-state index in [9.17, 15) is 19.7 Å². The minimum Gasteiger partial charge on any atom is -0.494 e. The second-order valence-corrected chi connectivity index (χ2v) is 5.74. The number of hydrogen-bond acceptors (Lipinski definition) is 8. The maximum absolute atomic E-state index is 12.0. The van der Waals surface area contributed by atoms with Crippen LogP contribution >= 0.6 is 0 Å². The standard InChI is InChI=1S/C19H16N2O8/c1-26-16-9-13(21(24)25)4-5-14(16)20-18(22)10-27-19(23)7-3-12-2-6-15-17(8-12)29-11-28-15/h2-9H,10-11H2,1H3,(H,20,22)/b7-3+. The van der Waals surface area contributed by atoms with E-state index in [2.05, 4.69) is 5.32 Å². The molecule has 10 heteroatoms. The summed E-state index contributed by atoms with van der Waals surface area (Å²) in [5, 5.41) is 13.3. The maximum Gasteiger partial charge on any atom is 0.331 e. The summed E-state index contributed by atoms with van der Waals surface area (Å²) in [6.45, 7) is -0.385. The molecular formula is C19H16N2O8. The van der Waals surface area contributed by atoms with Crippen molar-refractivity contribution in [2.45, 2.75) is 0 Å². The number of nitrogens with zero attached hydrogens (tertiary/aromatic N) is 1. The molecular weight excluding hydrogens is 384 g/mol. The van der Waals surface area contributed by atoms with Crippen LogP contribution in [-0.2, 0) is 14.3 Å². The average molecular weight is 400 g/mol. The maximum atomic E-state index is 12.0. The van der Waals surface area contributed by atoms with Gasteiger partial charge < -0.3 is 24.3 Å². The molecule has 0 bridgehead atoms. The van der Waals surface area contributed by atoms with Crippen LogP contribution in [0.2, 0.25) is 0 Å². The lowest BCUT2D eigenvalue weighted by molar-refractivity contribution is -0.384. The lowest BCUT2D eigenvalue weighted by Crippen LogP contribution is -2.20. The molecule has 0 atom stereocenters. The van der Waals surface area contributed by atoms with Crippen molar-refractivity contribution in [3.8, 4) is 17.2 Å². The van der Waals surface area contributed by atoms with E-state index in [1.54, 1.807) is 18.2 Å². The Balaban J connectivity index is 1.52. The number of esters is 1. The highest BCUT2D eigenvalue weighted by molar-refractivity contribution is 5.95. The van der Waals surface area contributed by atoms with Crippen LogP contribution in [0.4, 0.5) is 11.4 Å². The van der Waals surface area contributed by atoms with Gasteiger partial charge in [-0.05, 0) is 29.8 Å². The van der Waals surface area contributed by atoms with E-state index in [1.165, 1.54) is 37.5 Å². The number of nitro benzene ring substituents is 1. The third-order valence-corrected chi connectivity index (χ3v) is 3.82. The van der Waals surface area contributed by atoms with Gasteiger partial charge in [0.2, 0.25) is 6.79 Å². The Morgan fingerprint density at radius 2 is 2.00 bits per heavy atom. The molecule has 29 heavy (non-hydrogen) atoms. The van der Waals surface area contributed by atoms with Crippen LogP contribution in [-0.4, -0.2) is 37.3 Å². The second-order valence-electron chi connectivity index (χ2n) is 5.74. The van der Waals surface area contributed by atoms with Gasteiger partial charge in [-0.25, -0.2) is 4.79 Å². The van der Waals surface area contributed by atoms with Gasteiger partial charge >= 0.3 is 5.97 Å². The summed E-state index contributed by atoms with van der Waals surface area (Å²) in [5.74, 6) is -0.0166. The molecule has 1 amide bonds. The number of rotatable bonds is 7. The van der Waals surface area contributed by atoms with Crippen molar-refractivity contribution in [2.75, 3.05) is 25.8 Å². The highest BCUT2D eigenvalue weighted by Gasteiger charge is 2.15. The first-order chi connectivity index (χ1) is 14.0. The second kappa shape index (κ2) is 8.74. The topological polar surface area (TPSA) is 126 Å². The average Bonchev–Trinajstić information content (AvgIpc) is 3.18. The van der Waals surface area contributed by atoms with Crippen LogP contribution in [0.15, 0.2) is 42.5 Å². The van der Waals surface area contributed by atoms with Crippen molar-refractivity contribution in [1.82, 2.24) is 0 Å². The van der Waals surface area contributed by atoms with Gasteiger partial charge in [0, 0.05) is 12.1 Å². The molecule has 0 unspecified atom stereocenters. The third kappa shape index (κ3) is 5.01. The van der Waals surface area contributed by atoms with E-state index in [1.807, 2.05) is 0 Å². The third-order valence-electron chi connectivity index (χ3n) is 3.82. The first kappa shape index (κ1) is 19.7. The fourth-order valence-corrected chi connectivity index (χ4v) is 2.45. The largest absolute Gasteiger partial charge is 0.494 e. The molecule has 0 spiro atoms. The predicted octanol–water partition coefficient (Wildman–Crippen LogP) is 2.53. The van der Waals surface area contributed by atoms with Crippen molar-refractivity contribution in [3.63, 3.8) is 0 Å². The normalized spacial score (nSPS) is 11.9. The lowest BCUT2D eigenvalue weighted by Gasteiger charge is -2.09. The summed E-state index contributed by atoms with van der Waals surface area (Å²) >= 11 is 0. The molecule has 0 aromatic heterocycles. The minimum atomic E-state index is -0.714. The van der Waals surface area contributed by atoms with Gasteiger partial charge in [-0.2, -0.15) is 0 Å². The Kier molecular flexibility index (Phi) is 5.93. The van der Waals surface area contributed by atoms with Crippen LogP contribution in [0.3, 0.4) is 0 Å². The molecule has 2 aromatic rings. The zero-order valence-electron chi connectivity index (χ0n) is 15.2. The Morgan fingerprint density at radius 3 is 2.76 bits per heavy atom. The predicted molar refractivity (Wildman–Crippen MR) is 101 cm³/mol. The Labute approximate surface area is 164 Å². The van der Waals surface area contributed by atoms with Crippen molar-refractivity contribution >= 4 is 29.3 Å². The molecule has 1 N–H and O–H groups in total. The van der Waals surface area contributed by atoms with E-state index in [4.69, 9.17) is 18.9 Å². The van der Waals surface area contributed by atoms with Crippen molar-refractivity contribution < 1.29 is 33.5 Å². The monoisotopic (exact) mass is 400 g/mol. The highest BCUT2D eigenvalue weighted by Crippen LogP contribution is 2.32. The van der Waals surface area contributed by atoms with E-state index >= 15 is 0 Å². The van der Waals surface area contributed by atoms with Crippen LogP contribution in [0.5, 0.6) is 17.2 Å². The molecule has 150 valence electrons. The first-order valence-electron chi connectivity index (χ1n) is 8.33. The summed E-state index contributed by atoms with van der Waals surface area (Å²) in [5.41, 5.74) is 0.737. The van der Waals surface area contributed by atoms with Crippen LogP contribution in [0, 0.1) is 10.1 Å². The first-order valence-corrected chi connectivity index (χ1v) is 8.33. The van der Waals surface area contributed by atoms with Gasteiger partial charge in [0.05, 0.1) is 23.8 Å². The summed E-state index contributed by atoms with van der Waals surface area (Å²) in [6, 6.07) is 8.90.